The van der Waals surface area contributed by atoms with E-state index in [9.17, 15) is 14.4 Å². The van der Waals surface area contributed by atoms with E-state index >= 15 is 0 Å². The molecule has 30 heavy (non-hydrogen) atoms. The van der Waals surface area contributed by atoms with Crippen molar-refractivity contribution >= 4 is 37.6 Å². The van der Waals surface area contributed by atoms with E-state index in [0.717, 1.165) is 11.1 Å². The van der Waals surface area contributed by atoms with Crippen molar-refractivity contribution in [1.82, 2.24) is 19.5 Å². The van der Waals surface area contributed by atoms with Crippen LogP contribution in [0.3, 0.4) is 0 Å². The van der Waals surface area contributed by atoms with Gasteiger partial charge in [0.1, 0.15) is 20.6 Å². The van der Waals surface area contributed by atoms with Crippen molar-refractivity contribution in [2.75, 3.05) is 0 Å². The molecule has 0 aliphatic heterocycles. The summed E-state index contributed by atoms with van der Waals surface area (Å²) in [6.45, 7) is 7.37. The lowest BCUT2D eigenvalue weighted by Gasteiger charge is -2.17. The van der Waals surface area contributed by atoms with Crippen molar-refractivity contribution in [3.8, 4) is 0 Å². The largest absolute Gasteiger partial charge is 0.329 e. The first-order chi connectivity index (χ1) is 14.1. The minimum atomic E-state index is -0.652. The molecule has 9 heteroatoms. The van der Waals surface area contributed by atoms with Crippen LogP contribution in [-0.2, 0) is 6.54 Å². The Morgan fingerprint density at radius 1 is 1.07 bits per heavy atom. The molecule has 0 saturated heterocycles. The molecular weight excluding hydrogens is 516 g/mol. The number of pyridine rings is 2. The van der Waals surface area contributed by atoms with Crippen molar-refractivity contribution in [1.29, 1.82) is 0 Å². The van der Waals surface area contributed by atoms with Gasteiger partial charge in [-0.2, -0.15) is 0 Å². The molecule has 0 atom stereocenters. The van der Waals surface area contributed by atoms with E-state index in [1.165, 1.54) is 4.57 Å². The number of hydrogen-bond acceptors (Lipinski definition) is 5. The zero-order valence-corrected chi connectivity index (χ0v) is 20.1. The third-order valence-electron chi connectivity index (χ3n) is 4.52. The summed E-state index contributed by atoms with van der Waals surface area (Å²) in [5.74, 6) is -0.734. The first kappa shape index (κ1) is 22.3. The van der Waals surface area contributed by atoms with Gasteiger partial charge in [-0.1, -0.05) is 13.8 Å². The summed E-state index contributed by atoms with van der Waals surface area (Å²) in [7, 11) is 0. The third kappa shape index (κ3) is 4.67. The zero-order chi connectivity index (χ0) is 22.2. The summed E-state index contributed by atoms with van der Waals surface area (Å²) >= 11 is 6.66. The predicted molar refractivity (Wildman–Crippen MR) is 121 cm³/mol. The average molecular weight is 536 g/mol. The Kier molecular flexibility index (Phi) is 6.52. The van der Waals surface area contributed by atoms with Gasteiger partial charge in [0.2, 0.25) is 5.78 Å². The number of ketones is 1. The van der Waals surface area contributed by atoms with Crippen LogP contribution < -0.4 is 11.2 Å². The topological polar surface area (TPSA) is 97.7 Å². The third-order valence-corrected chi connectivity index (χ3v) is 5.33. The molecular formula is C21H20Br2N4O3. The van der Waals surface area contributed by atoms with Crippen LogP contribution in [0.15, 0.2) is 43.1 Å². The molecule has 7 nitrogen and oxygen atoms in total. The van der Waals surface area contributed by atoms with Gasteiger partial charge in [-0.25, -0.2) is 14.8 Å². The number of hydrogen-bond donors (Lipinski definition) is 1. The van der Waals surface area contributed by atoms with Gasteiger partial charge in [0.25, 0.3) is 5.56 Å². The van der Waals surface area contributed by atoms with Crippen LogP contribution in [0, 0.1) is 13.8 Å². The highest BCUT2D eigenvalue weighted by Crippen LogP contribution is 2.21. The second kappa shape index (κ2) is 8.77. The molecule has 3 aromatic heterocycles. The van der Waals surface area contributed by atoms with E-state index in [4.69, 9.17) is 0 Å². The number of carbonyl (C=O) groups is 1. The maximum Gasteiger partial charge on any atom is 0.329 e. The first-order valence-electron chi connectivity index (χ1n) is 9.25. The number of aryl methyl sites for hydroxylation is 2. The summed E-state index contributed by atoms with van der Waals surface area (Å²) in [5.41, 5.74) is 1.59. The molecule has 3 aromatic rings. The van der Waals surface area contributed by atoms with Crippen molar-refractivity contribution < 1.29 is 4.79 Å². The molecule has 0 radical (unpaired) electrons. The van der Waals surface area contributed by atoms with Gasteiger partial charge in [-0.15, -0.1) is 0 Å². The molecule has 0 aromatic carbocycles. The molecule has 0 fully saturated rings. The fourth-order valence-corrected chi connectivity index (χ4v) is 4.59. The summed E-state index contributed by atoms with van der Waals surface area (Å²) < 4.78 is 2.46. The Hall–Kier alpha value is -2.39. The highest BCUT2D eigenvalue weighted by Gasteiger charge is 2.25. The second-order valence-corrected chi connectivity index (χ2v) is 9.01. The predicted octanol–water partition coefficient (Wildman–Crippen LogP) is 3.87. The maximum atomic E-state index is 13.5. The van der Waals surface area contributed by atoms with Crippen molar-refractivity contribution in [3.05, 3.63) is 88.1 Å². The first-order valence-corrected chi connectivity index (χ1v) is 10.8. The minimum absolute atomic E-state index is 0.0558. The Morgan fingerprint density at radius 2 is 1.70 bits per heavy atom. The van der Waals surface area contributed by atoms with Gasteiger partial charge in [-0.3, -0.25) is 19.1 Å². The zero-order valence-electron chi connectivity index (χ0n) is 16.9. The number of aromatic nitrogens is 4. The summed E-state index contributed by atoms with van der Waals surface area (Å²) in [6.07, 6.45) is 0. The minimum Gasteiger partial charge on any atom is -0.285 e. The molecule has 1 N–H and O–H groups in total. The van der Waals surface area contributed by atoms with E-state index < -0.39 is 17.0 Å². The van der Waals surface area contributed by atoms with Crippen LogP contribution in [0.1, 0.15) is 58.3 Å². The Bertz CT molecular complexity index is 1220. The lowest BCUT2D eigenvalue weighted by atomic mass is 9.98. The summed E-state index contributed by atoms with van der Waals surface area (Å²) in [5, 5.41) is 0. The lowest BCUT2D eigenvalue weighted by Crippen LogP contribution is -2.38. The van der Waals surface area contributed by atoms with Crippen LogP contribution in [0.25, 0.3) is 0 Å². The van der Waals surface area contributed by atoms with Crippen molar-refractivity contribution in [3.63, 3.8) is 0 Å². The Morgan fingerprint density at radius 3 is 2.27 bits per heavy atom. The molecule has 0 spiro atoms. The van der Waals surface area contributed by atoms with E-state index in [0.29, 0.717) is 14.9 Å². The summed E-state index contributed by atoms with van der Waals surface area (Å²) in [6, 6.07) is 7.02. The highest BCUT2D eigenvalue weighted by atomic mass is 79.9. The van der Waals surface area contributed by atoms with E-state index in [2.05, 4.69) is 46.8 Å². The van der Waals surface area contributed by atoms with E-state index in [1.807, 2.05) is 26.8 Å². The van der Waals surface area contributed by atoms with Crippen molar-refractivity contribution in [2.24, 2.45) is 0 Å². The van der Waals surface area contributed by atoms with Crippen LogP contribution in [0.4, 0.5) is 0 Å². The number of halogens is 2. The van der Waals surface area contributed by atoms with Gasteiger partial charge in [0.05, 0.1) is 6.54 Å². The number of nitrogens with zero attached hydrogens (tertiary/aromatic N) is 3. The van der Waals surface area contributed by atoms with Crippen LogP contribution in [-0.4, -0.2) is 25.3 Å². The Balaban J connectivity index is 2.29. The maximum absolute atomic E-state index is 13.5. The van der Waals surface area contributed by atoms with Gasteiger partial charge < -0.3 is 0 Å². The number of aromatic amines is 1. The molecule has 0 aliphatic carbocycles. The van der Waals surface area contributed by atoms with Crippen molar-refractivity contribution in [2.45, 2.75) is 40.2 Å². The molecule has 0 amide bonds. The second-order valence-electron chi connectivity index (χ2n) is 7.38. The van der Waals surface area contributed by atoms with Gasteiger partial charge in [-0.05, 0) is 87.0 Å². The normalized spacial score (nSPS) is 11.2. The molecule has 0 bridgehead atoms. The standard InChI is InChI=1S/C21H20Br2N4O3/c1-10(2)17-18(19(28)14-6-11(3)5-12(4)24-14)27(21(30)26-20(17)29)9-13-7-15(22)25-16(23)8-13/h5-8,10H,9H2,1-4H3,(H,26,29,30). The number of H-pyrrole nitrogens is 1. The average Bonchev–Trinajstić information content (AvgIpc) is 2.61. The molecule has 156 valence electrons. The van der Waals surface area contributed by atoms with Gasteiger partial charge in [0, 0.05) is 11.3 Å². The monoisotopic (exact) mass is 534 g/mol. The Labute approximate surface area is 189 Å². The quantitative estimate of drug-likeness (QED) is 0.395. The van der Waals surface area contributed by atoms with Gasteiger partial charge in [0.15, 0.2) is 0 Å². The molecule has 3 rings (SSSR count). The van der Waals surface area contributed by atoms with Crippen LogP contribution >= 0.6 is 31.9 Å². The molecule has 0 unspecified atom stereocenters. The number of nitrogens with one attached hydrogen (secondary N) is 1. The molecule has 0 aliphatic rings. The van der Waals surface area contributed by atoms with E-state index in [-0.39, 0.29) is 29.4 Å². The fourth-order valence-electron chi connectivity index (χ4n) is 3.38. The number of carbonyl (C=O) groups excluding carboxylic acids is 1. The van der Waals surface area contributed by atoms with Crippen LogP contribution in [0.5, 0.6) is 0 Å². The fraction of sp³-hybridized carbons (Fsp3) is 0.286. The number of rotatable bonds is 5. The molecule has 3 heterocycles. The lowest BCUT2D eigenvalue weighted by molar-refractivity contribution is 0.102. The summed E-state index contributed by atoms with van der Waals surface area (Å²) in [4.78, 5) is 49.8. The molecule has 0 saturated carbocycles. The smallest absolute Gasteiger partial charge is 0.285 e. The van der Waals surface area contributed by atoms with Gasteiger partial charge >= 0.3 is 5.69 Å². The van der Waals surface area contributed by atoms with Crippen LogP contribution in [0.2, 0.25) is 0 Å². The SMILES string of the molecule is Cc1cc(C)nc(C(=O)c2c(C(C)C)c(=O)[nH]c(=O)n2Cc2cc(Br)nc(Br)c2)c1. The highest BCUT2D eigenvalue weighted by molar-refractivity contribution is 9.11. The van der Waals surface area contributed by atoms with E-state index in [1.54, 1.807) is 25.1 Å².